The number of oxazole rings is 1. The highest BCUT2D eigenvalue weighted by Crippen LogP contribution is 2.24. The van der Waals surface area contributed by atoms with Crippen LogP contribution in [-0.4, -0.2) is 42.2 Å². The van der Waals surface area contributed by atoms with Crippen molar-refractivity contribution in [2.45, 2.75) is 33.9 Å². The minimum Gasteiger partial charge on any atom is -0.487 e. The maximum atomic E-state index is 12.5. The van der Waals surface area contributed by atoms with Crippen LogP contribution in [0.3, 0.4) is 0 Å². The van der Waals surface area contributed by atoms with Crippen molar-refractivity contribution in [3.8, 4) is 17.2 Å². The standard InChI is InChI=1S/C23H27N3O6S/c1-16-9-11-20(12-10-16)23-24-22(17(2)31-23)15-30-21-8-6-7-19(13-21)14-26(32-18(3)27)33(28,29)25(4)5/h6-13H,14-15H2,1-5H3. The van der Waals surface area contributed by atoms with E-state index in [4.69, 9.17) is 14.0 Å². The zero-order chi connectivity index (χ0) is 24.2. The van der Waals surface area contributed by atoms with Gasteiger partial charge in [0, 0.05) is 26.6 Å². The summed E-state index contributed by atoms with van der Waals surface area (Å²) in [5, 5.41) is 0. The Kier molecular flexibility index (Phi) is 7.52. The Labute approximate surface area is 193 Å². The summed E-state index contributed by atoms with van der Waals surface area (Å²) in [5.74, 6) is 0.945. The first kappa shape index (κ1) is 24.4. The molecule has 0 saturated heterocycles. The van der Waals surface area contributed by atoms with E-state index in [9.17, 15) is 13.2 Å². The fourth-order valence-electron chi connectivity index (χ4n) is 2.90. The molecule has 10 heteroatoms. The van der Waals surface area contributed by atoms with E-state index in [2.05, 4.69) is 4.98 Å². The van der Waals surface area contributed by atoms with Crippen molar-refractivity contribution in [2.24, 2.45) is 0 Å². The summed E-state index contributed by atoms with van der Waals surface area (Å²) in [5.41, 5.74) is 3.27. The SMILES string of the molecule is CC(=O)ON(Cc1cccc(OCc2nc(-c3ccc(C)cc3)oc2C)c1)S(=O)(=O)N(C)C. The van der Waals surface area contributed by atoms with Gasteiger partial charge in [-0.3, -0.25) is 4.79 Å². The van der Waals surface area contributed by atoms with E-state index in [1.54, 1.807) is 24.3 Å². The molecular formula is C23H27N3O6S. The van der Waals surface area contributed by atoms with Crippen molar-refractivity contribution in [1.82, 2.24) is 13.8 Å². The number of aromatic nitrogens is 1. The number of nitrogens with zero attached hydrogens (tertiary/aromatic N) is 3. The van der Waals surface area contributed by atoms with E-state index in [0.29, 0.717) is 33.1 Å². The maximum absolute atomic E-state index is 12.5. The van der Waals surface area contributed by atoms with Crippen molar-refractivity contribution in [3.63, 3.8) is 0 Å². The molecule has 0 saturated carbocycles. The number of carbonyl (C=O) groups is 1. The van der Waals surface area contributed by atoms with Gasteiger partial charge in [-0.1, -0.05) is 29.8 Å². The minimum absolute atomic E-state index is 0.169. The number of carbonyl (C=O) groups excluding carboxylic acids is 1. The largest absolute Gasteiger partial charge is 0.487 e. The third-order valence-corrected chi connectivity index (χ3v) is 6.37. The van der Waals surface area contributed by atoms with Gasteiger partial charge < -0.3 is 14.0 Å². The second-order valence-corrected chi connectivity index (χ2v) is 9.69. The van der Waals surface area contributed by atoms with Gasteiger partial charge in [-0.15, -0.1) is 0 Å². The van der Waals surface area contributed by atoms with Crippen molar-refractivity contribution in [1.29, 1.82) is 0 Å². The fourth-order valence-corrected chi connectivity index (χ4v) is 3.78. The fraction of sp³-hybridized carbons (Fsp3) is 0.304. The summed E-state index contributed by atoms with van der Waals surface area (Å²) < 4.78 is 38.2. The Bertz CT molecular complexity index is 1220. The molecule has 1 aromatic heterocycles. The highest BCUT2D eigenvalue weighted by molar-refractivity contribution is 7.86. The topological polar surface area (TPSA) is 102 Å². The normalized spacial score (nSPS) is 11.7. The van der Waals surface area contributed by atoms with E-state index in [0.717, 1.165) is 22.4 Å². The summed E-state index contributed by atoms with van der Waals surface area (Å²) in [6, 6.07) is 14.8. The zero-order valence-electron chi connectivity index (χ0n) is 19.2. The Balaban J connectivity index is 1.72. The van der Waals surface area contributed by atoms with Gasteiger partial charge in [0.05, 0.1) is 6.54 Å². The number of hydroxylamine groups is 1. The lowest BCUT2D eigenvalue weighted by molar-refractivity contribution is -0.168. The van der Waals surface area contributed by atoms with Gasteiger partial charge in [0.1, 0.15) is 23.8 Å². The molecule has 0 radical (unpaired) electrons. The smallest absolute Gasteiger partial charge is 0.323 e. The third kappa shape index (κ3) is 6.19. The number of rotatable bonds is 9. The van der Waals surface area contributed by atoms with Gasteiger partial charge in [-0.2, -0.15) is 12.7 Å². The lowest BCUT2D eigenvalue weighted by atomic mass is 10.1. The summed E-state index contributed by atoms with van der Waals surface area (Å²) >= 11 is 0. The summed E-state index contributed by atoms with van der Waals surface area (Å²) in [6.07, 6.45) is 0. The van der Waals surface area contributed by atoms with Crippen LogP contribution in [0.1, 0.15) is 29.5 Å². The molecule has 9 nitrogen and oxygen atoms in total. The van der Waals surface area contributed by atoms with E-state index in [1.165, 1.54) is 14.1 Å². The average Bonchev–Trinajstić information content (AvgIpc) is 3.12. The molecule has 0 spiro atoms. The quantitative estimate of drug-likeness (QED) is 0.437. The number of benzene rings is 2. The molecule has 0 N–H and O–H groups in total. The molecule has 0 aliphatic carbocycles. The van der Waals surface area contributed by atoms with Crippen LogP contribution in [0.5, 0.6) is 5.75 Å². The Morgan fingerprint density at radius 1 is 1.09 bits per heavy atom. The van der Waals surface area contributed by atoms with Crippen LogP contribution < -0.4 is 4.74 Å². The number of aryl methyl sites for hydroxylation is 2. The second kappa shape index (κ2) is 10.2. The van der Waals surface area contributed by atoms with Crippen LogP contribution in [0.2, 0.25) is 0 Å². The molecule has 2 aromatic carbocycles. The van der Waals surface area contributed by atoms with Crippen molar-refractivity contribution in [3.05, 3.63) is 71.1 Å². The lowest BCUT2D eigenvalue weighted by Gasteiger charge is -2.23. The number of hydrogen-bond acceptors (Lipinski definition) is 7. The van der Waals surface area contributed by atoms with Crippen LogP contribution in [-0.2, 0) is 33.0 Å². The third-order valence-electron chi connectivity index (χ3n) is 4.73. The second-order valence-electron chi connectivity index (χ2n) is 7.66. The van der Waals surface area contributed by atoms with Crippen LogP contribution in [0.15, 0.2) is 52.9 Å². The molecule has 0 aliphatic heterocycles. The molecule has 3 aromatic rings. The first-order chi connectivity index (χ1) is 15.6. The molecule has 1 heterocycles. The van der Waals surface area contributed by atoms with Crippen LogP contribution in [0.25, 0.3) is 11.5 Å². The van der Waals surface area contributed by atoms with Gasteiger partial charge in [-0.05, 0) is 48.1 Å². The Hall–Kier alpha value is -3.21. The lowest BCUT2D eigenvalue weighted by Crippen LogP contribution is -2.40. The van der Waals surface area contributed by atoms with E-state index >= 15 is 0 Å². The van der Waals surface area contributed by atoms with Crippen molar-refractivity contribution in [2.75, 3.05) is 14.1 Å². The highest BCUT2D eigenvalue weighted by Gasteiger charge is 2.28. The first-order valence-electron chi connectivity index (χ1n) is 10.2. The Morgan fingerprint density at radius 3 is 2.42 bits per heavy atom. The van der Waals surface area contributed by atoms with Gasteiger partial charge in [0.15, 0.2) is 0 Å². The van der Waals surface area contributed by atoms with Crippen LogP contribution in [0.4, 0.5) is 0 Å². The van der Waals surface area contributed by atoms with Crippen molar-refractivity contribution < 1.29 is 27.2 Å². The minimum atomic E-state index is -3.97. The molecule has 0 bridgehead atoms. The maximum Gasteiger partial charge on any atom is 0.323 e. The molecule has 3 rings (SSSR count). The van der Waals surface area contributed by atoms with Gasteiger partial charge >= 0.3 is 16.2 Å². The summed E-state index contributed by atoms with van der Waals surface area (Å²) in [7, 11) is -1.26. The van der Waals surface area contributed by atoms with Crippen LogP contribution in [0, 0.1) is 13.8 Å². The number of hydrogen-bond donors (Lipinski definition) is 0. The average molecular weight is 474 g/mol. The summed E-state index contributed by atoms with van der Waals surface area (Å²) in [4.78, 5) is 20.9. The zero-order valence-corrected chi connectivity index (χ0v) is 20.0. The molecule has 176 valence electrons. The van der Waals surface area contributed by atoms with Crippen LogP contribution >= 0.6 is 0 Å². The van der Waals surface area contributed by atoms with E-state index in [-0.39, 0.29) is 13.2 Å². The monoisotopic (exact) mass is 473 g/mol. The van der Waals surface area contributed by atoms with Gasteiger partial charge in [0.2, 0.25) is 5.89 Å². The molecule has 33 heavy (non-hydrogen) atoms. The van der Waals surface area contributed by atoms with Crippen molar-refractivity contribution >= 4 is 16.2 Å². The highest BCUT2D eigenvalue weighted by atomic mass is 32.2. The molecule has 0 amide bonds. The number of ether oxygens (including phenoxy) is 1. The Morgan fingerprint density at radius 2 is 1.79 bits per heavy atom. The van der Waals surface area contributed by atoms with Gasteiger partial charge in [0.25, 0.3) is 0 Å². The molecule has 0 atom stereocenters. The van der Waals surface area contributed by atoms with E-state index < -0.39 is 16.2 Å². The predicted octanol–water partition coefficient (Wildman–Crippen LogP) is 3.62. The molecular weight excluding hydrogens is 446 g/mol. The molecule has 0 fully saturated rings. The molecule has 0 unspecified atom stereocenters. The first-order valence-corrected chi connectivity index (χ1v) is 11.6. The van der Waals surface area contributed by atoms with E-state index in [1.807, 2.05) is 38.1 Å². The van der Waals surface area contributed by atoms with Gasteiger partial charge in [-0.25, -0.2) is 4.98 Å². The molecule has 0 aliphatic rings. The summed E-state index contributed by atoms with van der Waals surface area (Å²) in [6.45, 7) is 4.98. The predicted molar refractivity (Wildman–Crippen MR) is 122 cm³/mol.